The molecule has 0 aliphatic rings. The lowest BCUT2D eigenvalue weighted by Crippen LogP contribution is -2.29. The molecule has 0 radical (unpaired) electrons. The SMILES string of the molecule is C[Si](C)(C)Oc1csc(=O)[nH]1. The largest absolute Gasteiger partial charge is 0.532 e. The topological polar surface area (TPSA) is 42.1 Å². The third kappa shape index (κ3) is 2.90. The average molecular weight is 189 g/mol. The Morgan fingerprint density at radius 3 is 2.55 bits per heavy atom. The van der Waals surface area contributed by atoms with Gasteiger partial charge >= 0.3 is 4.87 Å². The van der Waals surface area contributed by atoms with Crippen molar-refractivity contribution >= 4 is 19.7 Å². The maximum Gasteiger partial charge on any atom is 0.307 e. The first-order valence-corrected chi connectivity index (χ1v) is 7.63. The van der Waals surface area contributed by atoms with Crippen molar-refractivity contribution < 1.29 is 4.43 Å². The van der Waals surface area contributed by atoms with Crippen molar-refractivity contribution in [2.75, 3.05) is 0 Å². The first-order valence-electron chi connectivity index (χ1n) is 3.34. The van der Waals surface area contributed by atoms with Crippen LogP contribution in [0, 0.1) is 0 Å². The number of hydrogen-bond donors (Lipinski definition) is 1. The van der Waals surface area contributed by atoms with E-state index in [1.807, 2.05) is 0 Å². The Balaban J connectivity index is 2.73. The summed E-state index contributed by atoms with van der Waals surface area (Å²) >= 11 is 1.13. The van der Waals surface area contributed by atoms with Crippen LogP contribution in [0.2, 0.25) is 19.6 Å². The summed E-state index contributed by atoms with van der Waals surface area (Å²) in [5.41, 5.74) is 0. The van der Waals surface area contributed by atoms with Gasteiger partial charge in [-0.15, -0.1) is 0 Å². The molecule has 0 spiro atoms. The van der Waals surface area contributed by atoms with Gasteiger partial charge in [-0.3, -0.25) is 9.78 Å². The molecule has 5 heteroatoms. The van der Waals surface area contributed by atoms with E-state index in [2.05, 4.69) is 24.6 Å². The van der Waals surface area contributed by atoms with Crippen LogP contribution in [-0.4, -0.2) is 13.3 Å². The average Bonchev–Trinajstić information content (AvgIpc) is 2.10. The Bertz CT molecular complexity index is 285. The molecular formula is C6H11NO2SSi. The zero-order valence-electron chi connectivity index (χ0n) is 6.80. The summed E-state index contributed by atoms with van der Waals surface area (Å²) < 4.78 is 5.52. The normalized spacial score (nSPS) is 11.5. The van der Waals surface area contributed by atoms with Gasteiger partial charge in [0.1, 0.15) is 0 Å². The third-order valence-corrected chi connectivity index (χ3v) is 2.39. The molecule has 0 unspecified atom stereocenters. The fourth-order valence-corrected chi connectivity index (χ4v) is 1.98. The lowest BCUT2D eigenvalue weighted by atomic mass is 10.9. The molecule has 0 aliphatic carbocycles. The number of hydrogen-bond acceptors (Lipinski definition) is 3. The van der Waals surface area contributed by atoms with Crippen LogP contribution in [0.4, 0.5) is 0 Å². The molecule has 0 saturated heterocycles. The van der Waals surface area contributed by atoms with Gasteiger partial charge in [-0.1, -0.05) is 11.3 Å². The molecule has 1 heterocycles. The molecule has 3 nitrogen and oxygen atoms in total. The summed E-state index contributed by atoms with van der Waals surface area (Å²) in [6.07, 6.45) is 0. The van der Waals surface area contributed by atoms with Gasteiger partial charge < -0.3 is 4.43 Å². The zero-order chi connectivity index (χ0) is 8.48. The molecule has 1 rings (SSSR count). The molecule has 1 aromatic rings. The van der Waals surface area contributed by atoms with Crippen molar-refractivity contribution in [1.82, 2.24) is 4.98 Å². The minimum absolute atomic E-state index is 0.0572. The third-order valence-electron chi connectivity index (χ3n) is 0.914. The Kier molecular flexibility index (Phi) is 2.19. The number of H-pyrrole nitrogens is 1. The molecule has 0 atom stereocenters. The van der Waals surface area contributed by atoms with Crippen LogP contribution in [0.25, 0.3) is 0 Å². The first-order chi connectivity index (χ1) is 4.97. The smallest absolute Gasteiger partial charge is 0.307 e. The highest BCUT2D eigenvalue weighted by molar-refractivity contribution is 7.07. The van der Waals surface area contributed by atoms with Crippen molar-refractivity contribution in [3.8, 4) is 5.88 Å². The lowest BCUT2D eigenvalue weighted by molar-refractivity contribution is 0.537. The van der Waals surface area contributed by atoms with E-state index >= 15 is 0 Å². The van der Waals surface area contributed by atoms with E-state index < -0.39 is 8.32 Å². The lowest BCUT2D eigenvalue weighted by Gasteiger charge is -2.16. The predicted octanol–water partition coefficient (Wildman–Crippen LogP) is 1.65. The number of thiazole rings is 1. The van der Waals surface area contributed by atoms with E-state index in [9.17, 15) is 4.79 Å². The van der Waals surface area contributed by atoms with Crippen LogP contribution < -0.4 is 9.30 Å². The van der Waals surface area contributed by atoms with E-state index in [4.69, 9.17) is 4.43 Å². The second-order valence-electron chi connectivity index (χ2n) is 3.23. The van der Waals surface area contributed by atoms with Gasteiger partial charge in [-0.2, -0.15) is 0 Å². The number of rotatable bonds is 2. The Morgan fingerprint density at radius 2 is 2.18 bits per heavy atom. The van der Waals surface area contributed by atoms with Gasteiger partial charge in [0.2, 0.25) is 8.32 Å². The molecule has 1 N–H and O–H groups in total. The van der Waals surface area contributed by atoms with E-state index in [-0.39, 0.29) is 4.87 Å². The van der Waals surface area contributed by atoms with Crippen LogP contribution in [-0.2, 0) is 0 Å². The highest BCUT2D eigenvalue weighted by atomic mass is 32.1. The summed E-state index contributed by atoms with van der Waals surface area (Å²) in [7, 11) is -1.55. The summed E-state index contributed by atoms with van der Waals surface area (Å²) in [6, 6.07) is 0. The molecular weight excluding hydrogens is 178 g/mol. The van der Waals surface area contributed by atoms with E-state index in [0.717, 1.165) is 11.3 Å². The summed E-state index contributed by atoms with van der Waals surface area (Å²) in [5, 5.41) is 1.71. The summed E-state index contributed by atoms with van der Waals surface area (Å²) in [5.74, 6) is 0.610. The molecule has 0 aromatic carbocycles. The minimum Gasteiger partial charge on any atom is -0.532 e. The fraction of sp³-hybridized carbons (Fsp3) is 0.500. The Morgan fingerprint density at radius 1 is 1.55 bits per heavy atom. The molecule has 0 amide bonds. The molecule has 0 saturated carbocycles. The monoisotopic (exact) mass is 189 g/mol. The molecule has 0 aliphatic heterocycles. The van der Waals surface area contributed by atoms with Crippen molar-refractivity contribution in [3.63, 3.8) is 0 Å². The van der Waals surface area contributed by atoms with E-state index in [1.54, 1.807) is 5.38 Å². The molecule has 0 bridgehead atoms. The summed E-state index contributed by atoms with van der Waals surface area (Å²) in [4.78, 5) is 13.2. The maximum atomic E-state index is 10.7. The Hall–Kier alpha value is -0.553. The van der Waals surface area contributed by atoms with Crippen molar-refractivity contribution in [3.05, 3.63) is 15.0 Å². The molecule has 62 valence electrons. The number of nitrogens with one attached hydrogen (secondary N) is 1. The second-order valence-corrected chi connectivity index (χ2v) is 8.50. The predicted molar refractivity (Wildman–Crippen MR) is 48.9 cm³/mol. The van der Waals surface area contributed by atoms with Crippen LogP contribution in [0.1, 0.15) is 0 Å². The molecule has 0 fully saturated rings. The van der Waals surface area contributed by atoms with Gasteiger partial charge in [-0.05, 0) is 19.6 Å². The minimum atomic E-state index is -1.55. The van der Waals surface area contributed by atoms with Crippen LogP contribution in [0.5, 0.6) is 5.88 Å². The standard InChI is InChI=1S/C6H11NO2SSi/c1-11(2,3)9-5-4-10-6(8)7-5/h4H,1-3H3,(H,7,8). The van der Waals surface area contributed by atoms with Gasteiger partial charge in [0.05, 0.1) is 5.38 Å². The van der Waals surface area contributed by atoms with Crippen LogP contribution in [0.3, 0.4) is 0 Å². The van der Waals surface area contributed by atoms with Crippen molar-refractivity contribution in [2.45, 2.75) is 19.6 Å². The van der Waals surface area contributed by atoms with Gasteiger partial charge in [0, 0.05) is 0 Å². The van der Waals surface area contributed by atoms with Crippen molar-refractivity contribution in [2.24, 2.45) is 0 Å². The van der Waals surface area contributed by atoms with Gasteiger partial charge in [0.15, 0.2) is 5.88 Å². The highest BCUT2D eigenvalue weighted by Gasteiger charge is 2.16. The molecule has 11 heavy (non-hydrogen) atoms. The van der Waals surface area contributed by atoms with E-state index in [1.165, 1.54) is 0 Å². The Labute approximate surface area is 70.2 Å². The second kappa shape index (κ2) is 2.82. The van der Waals surface area contributed by atoms with E-state index in [0.29, 0.717) is 5.88 Å². The first kappa shape index (κ1) is 8.54. The maximum absolute atomic E-state index is 10.7. The quantitative estimate of drug-likeness (QED) is 0.719. The highest BCUT2D eigenvalue weighted by Crippen LogP contribution is 2.12. The summed E-state index contributed by atoms with van der Waals surface area (Å²) in [6.45, 7) is 6.22. The molecule has 1 aromatic heterocycles. The van der Waals surface area contributed by atoms with Crippen molar-refractivity contribution in [1.29, 1.82) is 0 Å². The fourth-order valence-electron chi connectivity index (χ4n) is 0.646. The number of aromatic amines is 1. The zero-order valence-corrected chi connectivity index (χ0v) is 8.62. The number of aromatic nitrogens is 1. The van der Waals surface area contributed by atoms with Gasteiger partial charge in [0.25, 0.3) is 0 Å². The van der Waals surface area contributed by atoms with Gasteiger partial charge in [-0.25, -0.2) is 0 Å². The van der Waals surface area contributed by atoms with Crippen LogP contribution >= 0.6 is 11.3 Å². The van der Waals surface area contributed by atoms with Crippen LogP contribution in [0.15, 0.2) is 10.2 Å².